The summed E-state index contributed by atoms with van der Waals surface area (Å²) in [6.07, 6.45) is -9.43. The van der Waals surface area contributed by atoms with E-state index in [4.69, 9.17) is 22.1 Å². The number of halogens is 7. The Labute approximate surface area is 159 Å². The highest BCUT2D eigenvalue weighted by atomic mass is 35.5. The van der Waals surface area contributed by atoms with Crippen molar-refractivity contribution >= 4 is 27.3 Å². The summed E-state index contributed by atoms with van der Waals surface area (Å²) in [5.41, 5.74) is 3.96. The summed E-state index contributed by atoms with van der Waals surface area (Å²) in [7, 11) is -3.87. The number of hydrogen-bond acceptors (Lipinski definition) is 6. The molecule has 7 nitrogen and oxygen atoms in total. The summed E-state index contributed by atoms with van der Waals surface area (Å²) in [5, 5.41) is 3.11. The molecule has 0 amide bonds. The molecule has 0 saturated heterocycles. The van der Waals surface area contributed by atoms with Crippen molar-refractivity contribution in [1.82, 2.24) is 14.8 Å². The van der Waals surface area contributed by atoms with Crippen LogP contribution in [-0.2, 0) is 27.4 Å². The van der Waals surface area contributed by atoms with Gasteiger partial charge in [-0.3, -0.25) is 0 Å². The number of nitrogen functional groups attached to an aromatic ring is 1. The third kappa shape index (κ3) is 4.67. The van der Waals surface area contributed by atoms with Crippen LogP contribution in [0.3, 0.4) is 0 Å². The first-order chi connectivity index (χ1) is 12.7. The van der Waals surface area contributed by atoms with E-state index >= 15 is 0 Å². The van der Waals surface area contributed by atoms with E-state index in [0.717, 1.165) is 7.11 Å². The predicted octanol–water partition coefficient (Wildman–Crippen LogP) is 3.00. The van der Waals surface area contributed by atoms with E-state index in [1.807, 2.05) is 0 Å². The molecule has 0 fully saturated rings. The standard InChI is InChI=1S/C13H11ClF6N4O3S/c1-27-4-8-9(28(25,26)5-12(15,16)17)10(21)24(23-8)11-7(14)2-6(3-22-11)13(18,19)20/h2-3H,4-5,21H2,1H3. The minimum Gasteiger partial charge on any atom is -0.382 e. The number of rotatable bonds is 5. The zero-order valence-electron chi connectivity index (χ0n) is 13.8. The lowest BCUT2D eigenvalue weighted by Gasteiger charge is -2.10. The van der Waals surface area contributed by atoms with Crippen LogP contribution in [0.2, 0.25) is 5.02 Å². The average molecular weight is 453 g/mol. The fourth-order valence-corrected chi connectivity index (χ4v) is 3.91. The number of nitrogens with two attached hydrogens (primary N) is 1. The molecule has 0 aromatic carbocycles. The fourth-order valence-electron chi connectivity index (χ4n) is 2.22. The van der Waals surface area contributed by atoms with Crippen molar-refractivity contribution in [2.45, 2.75) is 23.9 Å². The lowest BCUT2D eigenvalue weighted by atomic mass is 10.3. The molecule has 2 aromatic rings. The molecule has 0 radical (unpaired) electrons. The molecule has 0 saturated carbocycles. The fraction of sp³-hybridized carbons (Fsp3) is 0.385. The van der Waals surface area contributed by atoms with Gasteiger partial charge in [0.15, 0.2) is 21.4 Å². The lowest BCUT2D eigenvalue weighted by molar-refractivity contribution is -0.137. The van der Waals surface area contributed by atoms with Gasteiger partial charge >= 0.3 is 12.4 Å². The second kappa shape index (κ2) is 7.40. The highest BCUT2D eigenvalue weighted by molar-refractivity contribution is 7.91. The Kier molecular flexibility index (Phi) is 5.88. The zero-order valence-corrected chi connectivity index (χ0v) is 15.3. The Bertz CT molecular complexity index is 987. The number of anilines is 1. The summed E-state index contributed by atoms with van der Waals surface area (Å²) >= 11 is 5.76. The third-order valence-corrected chi connectivity index (χ3v) is 5.29. The summed E-state index contributed by atoms with van der Waals surface area (Å²) in [5.74, 6) is -3.52. The van der Waals surface area contributed by atoms with Gasteiger partial charge in [0.1, 0.15) is 16.4 Å². The van der Waals surface area contributed by atoms with Gasteiger partial charge in [-0.25, -0.2) is 13.4 Å². The first kappa shape index (κ1) is 22.2. The van der Waals surface area contributed by atoms with Crippen molar-refractivity contribution in [3.63, 3.8) is 0 Å². The topological polar surface area (TPSA) is 100 Å². The molecule has 0 unspecified atom stereocenters. The molecule has 0 atom stereocenters. The third-order valence-electron chi connectivity index (χ3n) is 3.24. The monoisotopic (exact) mass is 452 g/mol. The number of nitrogens with zero attached hydrogens (tertiary/aromatic N) is 3. The van der Waals surface area contributed by atoms with E-state index < -0.39 is 67.4 Å². The number of hydrogen-bond donors (Lipinski definition) is 1. The second-order valence-electron chi connectivity index (χ2n) is 5.41. The molecular weight excluding hydrogens is 442 g/mol. The van der Waals surface area contributed by atoms with Crippen molar-refractivity contribution in [2.75, 3.05) is 18.6 Å². The molecule has 0 aliphatic carbocycles. The van der Waals surface area contributed by atoms with Crippen molar-refractivity contribution in [3.8, 4) is 5.82 Å². The van der Waals surface area contributed by atoms with E-state index in [-0.39, 0.29) is 0 Å². The molecule has 0 spiro atoms. The molecule has 0 aliphatic heterocycles. The molecular formula is C13H11ClF6N4O3S. The van der Waals surface area contributed by atoms with Crippen LogP contribution in [0.15, 0.2) is 17.2 Å². The van der Waals surface area contributed by atoms with Gasteiger partial charge in [-0.15, -0.1) is 0 Å². The summed E-state index contributed by atoms with van der Waals surface area (Å²) in [6, 6.07) is 0.491. The van der Waals surface area contributed by atoms with Gasteiger partial charge in [-0.2, -0.15) is 36.1 Å². The van der Waals surface area contributed by atoms with Crippen LogP contribution < -0.4 is 5.73 Å². The van der Waals surface area contributed by atoms with E-state index in [2.05, 4.69) is 10.1 Å². The van der Waals surface area contributed by atoms with Gasteiger partial charge in [0, 0.05) is 13.3 Å². The smallest absolute Gasteiger partial charge is 0.382 e. The van der Waals surface area contributed by atoms with E-state index in [0.29, 0.717) is 16.9 Å². The van der Waals surface area contributed by atoms with Gasteiger partial charge in [-0.05, 0) is 6.07 Å². The number of pyridine rings is 1. The van der Waals surface area contributed by atoms with Crippen LogP contribution in [-0.4, -0.2) is 42.2 Å². The van der Waals surface area contributed by atoms with Gasteiger partial charge in [0.05, 0.1) is 17.2 Å². The number of alkyl halides is 6. The summed E-state index contributed by atoms with van der Waals surface area (Å²) < 4.78 is 106. The first-order valence-electron chi connectivity index (χ1n) is 7.06. The minimum absolute atomic E-state index is 0.391. The van der Waals surface area contributed by atoms with Gasteiger partial charge in [0.2, 0.25) is 0 Å². The SMILES string of the molecule is COCc1nn(-c2ncc(C(F)(F)F)cc2Cl)c(N)c1S(=O)(=O)CC(F)(F)F. The van der Waals surface area contributed by atoms with Crippen molar-refractivity contribution in [1.29, 1.82) is 0 Å². The van der Waals surface area contributed by atoms with Gasteiger partial charge in [-0.1, -0.05) is 11.6 Å². The summed E-state index contributed by atoms with van der Waals surface area (Å²) in [6.45, 7) is -0.540. The maximum absolute atomic E-state index is 12.7. The van der Waals surface area contributed by atoms with Crippen molar-refractivity contribution < 1.29 is 39.5 Å². The van der Waals surface area contributed by atoms with Crippen LogP contribution in [0.1, 0.15) is 11.3 Å². The molecule has 0 aliphatic rings. The second-order valence-corrected chi connectivity index (χ2v) is 7.74. The molecule has 28 heavy (non-hydrogen) atoms. The quantitative estimate of drug-likeness (QED) is 0.700. The van der Waals surface area contributed by atoms with E-state index in [9.17, 15) is 34.8 Å². The Hall–Kier alpha value is -2.06. The van der Waals surface area contributed by atoms with Crippen LogP contribution in [0, 0.1) is 0 Å². The van der Waals surface area contributed by atoms with E-state index in [1.165, 1.54) is 0 Å². The van der Waals surface area contributed by atoms with Gasteiger partial charge in [0.25, 0.3) is 0 Å². The summed E-state index contributed by atoms with van der Waals surface area (Å²) in [4.78, 5) is 2.49. The molecule has 0 bridgehead atoms. The van der Waals surface area contributed by atoms with Crippen molar-refractivity contribution in [3.05, 3.63) is 28.5 Å². The molecule has 15 heteroatoms. The molecule has 2 aromatic heterocycles. The number of methoxy groups -OCH3 is 1. The Morgan fingerprint density at radius 1 is 1.25 bits per heavy atom. The van der Waals surface area contributed by atoms with Gasteiger partial charge < -0.3 is 10.5 Å². The van der Waals surface area contributed by atoms with Crippen LogP contribution in [0.5, 0.6) is 0 Å². The van der Waals surface area contributed by atoms with Crippen LogP contribution >= 0.6 is 11.6 Å². The number of aromatic nitrogens is 3. The maximum Gasteiger partial charge on any atom is 0.417 e. The Morgan fingerprint density at radius 2 is 1.86 bits per heavy atom. The minimum atomic E-state index is -5.07. The first-order valence-corrected chi connectivity index (χ1v) is 9.09. The van der Waals surface area contributed by atoms with Crippen molar-refractivity contribution in [2.24, 2.45) is 0 Å². The molecule has 2 heterocycles. The Morgan fingerprint density at radius 3 is 2.32 bits per heavy atom. The van der Waals surface area contributed by atoms with Crippen LogP contribution in [0.4, 0.5) is 32.2 Å². The van der Waals surface area contributed by atoms with E-state index in [1.54, 1.807) is 0 Å². The maximum atomic E-state index is 12.7. The largest absolute Gasteiger partial charge is 0.417 e. The zero-order chi connectivity index (χ0) is 21.5. The molecule has 2 rings (SSSR count). The Balaban J connectivity index is 2.66. The number of sulfone groups is 1. The average Bonchev–Trinajstić information content (AvgIpc) is 2.81. The molecule has 2 N–H and O–H groups in total. The normalized spacial score (nSPS) is 13.1. The lowest BCUT2D eigenvalue weighted by Crippen LogP contribution is -2.24. The number of ether oxygens (including phenoxy) is 1. The van der Waals surface area contributed by atoms with Crippen LogP contribution in [0.25, 0.3) is 5.82 Å². The predicted molar refractivity (Wildman–Crippen MR) is 84.6 cm³/mol. The highest BCUT2D eigenvalue weighted by Gasteiger charge is 2.40. The highest BCUT2D eigenvalue weighted by Crippen LogP contribution is 2.35. The molecule has 156 valence electrons.